The predicted octanol–water partition coefficient (Wildman–Crippen LogP) is 6.64. The molecule has 3 aliphatic heterocycles. The number of aromatic nitrogens is 1. The van der Waals surface area contributed by atoms with Crippen LogP contribution in [0.5, 0.6) is 5.75 Å². The molecule has 4 heterocycles. The molecule has 2 amide bonds. The Labute approximate surface area is 335 Å². The number of carbonyl (C=O) groups excluding carboxylic acids is 2. The molecule has 3 fully saturated rings. The minimum Gasteiger partial charge on any atom is -0.506 e. The molecular weight excluding hydrogens is 746 g/mol. The molecule has 5 aromatic rings. The van der Waals surface area contributed by atoms with Gasteiger partial charge in [-0.25, -0.2) is 4.79 Å². The minimum absolute atomic E-state index is 0.0680. The number of aliphatic hydroxyl groups is 1. The van der Waals surface area contributed by atoms with Crippen LogP contribution in [0.4, 0.5) is 16.2 Å². The van der Waals surface area contributed by atoms with Crippen molar-refractivity contribution in [3.63, 3.8) is 0 Å². The van der Waals surface area contributed by atoms with Crippen molar-refractivity contribution in [2.45, 2.75) is 75.1 Å². The minimum atomic E-state index is -0.899. The fourth-order valence-electron chi connectivity index (χ4n) is 8.76. The summed E-state index contributed by atoms with van der Waals surface area (Å²) in [7, 11) is 4.50. The lowest BCUT2D eigenvalue weighted by Crippen LogP contribution is -2.60. The molecule has 0 aliphatic carbocycles. The van der Waals surface area contributed by atoms with E-state index in [1.54, 1.807) is 24.3 Å². The number of hydrogen-bond donors (Lipinski definition) is 6. The number of hydrogen-bond acceptors (Lipinski definition) is 8. The van der Waals surface area contributed by atoms with Gasteiger partial charge in [-0.05, 0) is 65.4 Å². The van der Waals surface area contributed by atoms with Crippen molar-refractivity contribution in [3.8, 4) is 16.9 Å². The van der Waals surface area contributed by atoms with Crippen molar-refractivity contribution >= 4 is 45.9 Å². The molecule has 0 saturated carbocycles. The van der Waals surface area contributed by atoms with Crippen LogP contribution in [0.1, 0.15) is 48.5 Å². The molecule has 6 atom stereocenters. The Hall–Kier alpha value is -5.24. The number of rotatable bonds is 13. The van der Waals surface area contributed by atoms with Crippen LogP contribution in [0, 0.1) is 0 Å². The van der Waals surface area contributed by atoms with Crippen LogP contribution in [0.25, 0.3) is 22.0 Å². The first kappa shape index (κ1) is 38.6. The van der Waals surface area contributed by atoms with E-state index in [4.69, 9.17) is 21.1 Å². The molecular formula is C44H47ClN5O7+. The Morgan fingerprint density at radius 1 is 0.930 bits per heavy atom. The van der Waals surface area contributed by atoms with Crippen molar-refractivity contribution in [2.75, 3.05) is 31.3 Å². The van der Waals surface area contributed by atoms with Gasteiger partial charge in [-0.1, -0.05) is 66.2 Å². The van der Waals surface area contributed by atoms with Crippen LogP contribution in [0.15, 0.2) is 95.8 Å². The molecule has 13 heteroatoms. The number of aromatic hydroxyl groups is 1. The average Bonchev–Trinajstić information content (AvgIpc) is 3.96. The number of likely N-dealkylation sites (N-methyl/N-ethyl adjacent to an activating group) is 1. The Bertz CT molecular complexity index is 2350. The van der Waals surface area contributed by atoms with Gasteiger partial charge in [-0.3, -0.25) is 14.9 Å². The Balaban J connectivity index is 0.830. The van der Waals surface area contributed by atoms with E-state index >= 15 is 0 Å². The number of nitrogens with zero attached hydrogens (tertiary/aromatic N) is 1. The number of piperidine rings is 1. The second-order valence-electron chi connectivity index (χ2n) is 15.8. The van der Waals surface area contributed by atoms with Gasteiger partial charge >= 0.3 is 6.09 Å². The summed E-state index contributed by atoms with van der Waals surface area (Å²) in [5, 5.41) is 31.1. The van der Waals surface area contributed by atoms with Crippen LogP contribution in [-0.4, -0.2) is 82.7 Å². The number of quaternary nitrogens is 1. The van der Waals surface area contributed by atoms with Gasteiger partial charge in [-0.2, -0.15) is 0 Å². The molecule has 4 aromatic carbocycles. The zero-order chi connectivity index (χ0) is 39.8. The van der Waals surface area contributed by atoms with Crippen molar-refractivity contribution in [1.82, 2.24) is 10.3 Å². The Kier molecular flexibility index (Phi) is 10.8. The molecule has 12 nitrogen and oxygen atoms in total. The highest BCUT2D eigenvalue weighted by Crippen LogP contribution is 2.51. The summed E-state index contributed by atoms with van der Waals surface area (Å²) in [5.41, 5.74) is 5.38. The number of aromatic amines is 1. The molecule has 3 saturated heterocycles. The summed E-state index contributed by atoms with van der Waals surface area (Å²) in [4.78, 5) is 40.6. The van der Waals surface area contributed by atoms with E-state index in [2.05, 4.69) is 35.0 Å². The van der Waals surface area contributed by atoms with Crippen molar-refractivity contribution in [3.05, 3.63) is 123 Å². The van der Waals surface area contributed by atoms with Gasteiger partial charge in [-0.15, -0.1) is 0 Å². The van der Waals surface area contributed by atoms with Crippen LogP contribution in [0.3, 0.4) is 0 Å². The number of nitrogens with one attached hydrogen (secondary N) is 4. The number of pyridine rings is 1. The van der Waals surface area contributed by atoms with E-state index in [-0.39, 0.29) is 54.0 Å². The topological polar surface area (TPSA) is 165 Å². The summed E-state index contributed by atoms with van der Waals surface area (Å²) in [6.07, 6.45) is 2.09. The number of phenolic OH excluding ortho intramolecular Hbond substituents is 1. The third kappa shape index (κ3) is 8.28. The second-order valence-corrected chi connectivity index (χ2v) is 16.3. The van der Waals surface area contributed by atoms with Crippen molar-refractivity contribution in [1.29, 1.82) is 0 Å². The molecule has 6 N–H and O–H groups in total. The highest BCUT2D eigenvalue weighted by Gasteiger charge is 2.70. The number of epoxide rings is 1. The number of aliphatic hydroxyl groups excluding tert-OH is 1. The molecule has 3 aliphatic rings. The van der Waals surface area contributed by atoms with E-state index in [1.807, 2.05) is 54.6 Å². The fraction of sp³-hybridized carbons (Fsp3) is 0.341. The van der Waals surface area contributed by atoms with Gasteiger partial charge in [0.15, 0.2) is 0 Å². The van der Waals surface area contributed by atoms with Crippen molar-refractivity contribution < 1.29 is 33.8 Å². The summed E-state index contributed by atoms with van der Waals surface area (Å²) >= 11 is 6.56. The van der Waals surface area contributed by atoms with Crippen molar-refractivity contribution in [2.24, 2.45) is 0 Å². The third-order valence-corrected chi connectivity index (χ3v) is 12.1. The van der Waals surface area contributed by atoms with Gasteiger partial charge in [0.05, 0.1) is 42.1 Å². The van der Waals surface area contributed by atoms with Gasteiger partial charge in [0.25, 0.3) is 0 Å². The summed E-state index contributed by atoms with van der Waals surface area (Å²) in [6, 6.07) is 27.9. The van der Waals surface area contributed by atoms with Gasteiger partial charge < -0.3 is 39.8 Å². The number of aryl methyl sites for hydroxylation is 1. The maximum Gasteiger partial charge on any atom is 0.411 e. The summed E-state index contributed by atoms with van der Waals surface area (Å²) in [6.45, 7) is 0.618. The summed E-state index contributed by atoms with van der Waals surface area (Å²) in [5.74, 6) is -0.232. The number of morpholine rings is 1. The number of carbonyl (C=O) groups is 2. The number of fused-ring (bicyclic) bond motifs is 6. The van der Waals surface area contributed by atoms with Crippen LogP contribution < -0.4 is 21.5 Å². The highest BCUT2D eigenvalue weighted by molar-refractivity contribution is 6.33. The standard InChI is InChI=1S/C44H46ClN5O7/c1-50(2)35-21-28(22-36(50)43-42(35)57-43)56-44(55)48-34-20-25(11-13-29(34)27-8-4-3-5-9-27)7-6-10-39(53)47-33-16-12-26(19-32(33)45)23-46-24-38(52)30-14-17-37(51)41-31(30)15-18-40(54)49-41/h3-5,8-9,11-20,28,35-36,38,42-43,46,52H,6-7,10,21-24H2,1-2H3,(H3-,47,48,49,51,53,54,55)/p+1/t28?,35-,36+,38-,42-,43+/m0/s1. The summed E-state index contributed by atoms with van der Waals surface area (Å²) < 4.78 is 12.8. The van der Waals surface area contributed by atoms with E-state index in [0.717, 1.165) is 39.6 Å². The maximum absolute atomic E-state index is 13.3. The fourth-order valence-corrected chi connectivity index (χ4v) is 9.01. The first-order chi connectivity index (χ1) is 27.4. The Morgan fingerprint density at radius 2 is 1.68 bits per heavy atom. The highest BCUT2D eigenvalue weighted by atomic mass is 35.5. The largest absolute Gasteiger partial charge is 0.506 e. The zero-order valence-corrected chi connectivity index (χ0v) is 32.6. The quantitative estimate of drug-likeness (QED) is 0.0571. The first-order valence-electron chi connectivity index (χ1n) is 19.4. The number of halogens is 1. The number of anilines is 2. The SMILES string of the molecule is C[N+]1(C)[C@@H]2CC(OC(=O)Nc3cc(CCCC(=O)Nc4ccc(CNC[C@H](O)c5ccc(O)c6[nH]c(=O)ccc56)cc4Cl)ccc3-c3ccccc3)C[C@H]1[C@@H]1O[C@@H]12. The molecule has 296 valence electrons. The van der Waals surface area contributed by atoms with E-state index in [1.165, 1.54) is 12.1 Å². The zero-order valence-electron chi connectivity index (χ0n) is 31.8. The monoisotopic (exact) mass is 792 g/mol. The first-order valence-corrected chi connectivity index (χ1v) is 19.8. The predicted molar refractivity (Wildman–Crippen MR) is 219 cm³/mol. The normalized spacial score (nSPS) is 22.1. The van der Waals surface area contributed by atoms with Crippen LogP contribution in [0.2, 0.25) is 5.02 Å². The van der Waals surface area contributed by atoms with Crippen LogP contribution >= 0.6 is 11.6 Å². The maximum atomic E-state index is 13.3. The molecule has 1 aromatic heterocycles. The Morgan fingerprint density at radius 3 is 2.44 bits per heavy atom. The van der Waals surface area contributed by atoms with Crippen LogP contribution in [-0.2, 0) is 27.2 Å². The molecule has 1 unspecified atom stereocenters. The van der Waals surface area contributed by atoms with E-state index in [9.17, 15) is 24.6 Å². The molecule has 2 bridgehead atoms. The third-order valence-electron chi connectivity index (χ3n) is 11.8. The number of phenols is 1. The van der Waals surface area contributed by atoms with Gasteiger partial charge in [0, 0.05) is 49.4 Å². The number of H-pyrrole nitrogens is 1. The molecule has 57 heavy (non-hydrogen) atoms. The number of benzene rings is 4. The lowest BCUT2D eigenvalue weighted by Gasteiger charge is -2.45. The number of ether oxygens (including phenoxy) is 2. The molecule has 0 spiro atoms. The second kappa shape index (κ2) is 16.0. The smallest absolute Gasteiger partial charge is 0.411 e. The lowest BCUT2D eigenvalue weighted by atomic mass is 9.96. The van der Waals surface area contributed by atoms with E-state index in [0.29, 0.717) is 58.8 Å². The van der Waals surface area contributed by atoms with E-state index < -0.39 is 12.2 Å². The van der Waals surface area contributed by atoms with Gasteiger partial charge in [0.2, 0.25) is 11.5 Å². The van der Waals surface area contributed by atoms with Gasteiger partial charge in [0.1, 0.15) is 36.1 Å². The molecule has 8 rings (SSSR count). The molecule has 0 radical (unpaired) electrons. The lowest BCUT2D eigenvalue weighted by molar-refractivity contribution is -0.938. The number of amides is 2. The average molecular weight is 793 g/mol.